The van der Waals surface area contributed by atoms with Gasteiger partial charge >= 0.3 is 0 Å². The molecule has 0 heterocycles. The van der Waals surface area contributed by atoms with Crippen LogP contribution in [0.3, 0.4) is 0 Å². The summed E-state index contributed by atoms with van der Waals surface area (Å²) in [5.74, 6) is 0.877. The van der Waals surface area contributed by atoms with Gasteiger partial charge in [-0.1, -0.05) is 83.0 Å². The summed E-state index contributed by atoms with van der Waals surface area (Å²) in [6.07, 6.45) is 9.35. The van der Waals surface area contributed by atoms with E-state index >= 15 is 0 Å². The van der Waals surface area contributed by atoms with Gasteiger partial charge in [0.15, 0.2) is 0 Å². The van der Waals surface area contributed by atoms with Crippen LogP contribution in [-0.2, 0) is 0 Å². The van der Waals surface area contributed by atoms with Crippen molar-refractivity contribution in [3.05, 3.63) is 41.5 Å². The van der Waals surface area contributed by atoms with Gasteiger partial charge in [0.25, 0.3) is 0 Å². The van der Waals surface area contributed by atoms with Gasteiger partial charge in [0.1, 0.15) is 0 Å². The van der Waals surface area contributed by atoms with Crippen molar-refractivity contribution in [2.75, 3.05) is 0 Å². The Hall–Kier alpha value is -0.823. The molecule has 0 saturated carbocycles. The van der Waals surface area contributed by atoms with Crippen molar-refractivity contribution < 1.29 is 0 Å². The zero-order valence-corrected chi connectivity index (χ0v) is 14.8. The Morgan fingerprint density at radius 2 is 1.90 bits per heavy atom. The van der Waals surface area contributed by atoms with Crippen molar-refractivity contribution in [1.29, 1.82) is 0 Å². The van der Waals surface area contributed by atoms with Crippen LogP contribution in [0.2, 0.25) is 13.1 Å². The summed E-state index contributed by atoms with van der Waals surface area (Å²) in [6.45, 7) is 9.62. The van der Waals surface area contributed by atoms with Crippen LogP contribution >= 0.6 is 0 Å². The first-order chi connectivity index (χ1) is 9.67. The van der Waals surface area contributed by atoms with Crippen LogP contribution in [0.25, 0.3) is 5.57 Å². The molecule has 0 amide bonds. The Balaban J connectivity index is 2.17. The van der Waals surface area contributed by atoms with Gasteiger partial charge in [0, 0.05) is 8.80 Å². The van der Waals surface area contributed by atoms with Crippen molar-refractivity contribution in [1.82, 2.24) is 0 Å². The van der Waals surface area contributed by atoms with E-state index in [1.807, 2.05) is 0 Å². The van der Waals surface area contributed by atoms with Crippen LogP contribution in [-0.4, -0.2) is 8.80 Å². The van der Waals surface area contributed by atoms with Crippen LogP contribution in [0.4, 0.5) is 0 Å². The maximum absolute atomic E-state index is 2.62. The number of rotatable bonds is 7. The summed E-state index contributed by atoms with van der Waals surface area (Å²) in [5, 5.41) is 0. The third kappa shape index (κ3) is 3.43. The molecular weight excluding hydrogens is 256 g/mol. The molecule has 0 fully saturated rings. The highest BCUT2D eigenvalue weighted by molar-refractivity contribution is 6.58. The fourth-order valence-corrected chi connectivity index (χ4v) is 5.09. The van der Waals surface area contributed by atoms with Gasteiger partial charge in [-0.05, 0) is 34.6 Å². The molecule has 0 saturated heterocycles. The Morgan fingerprint density at radius 3 is 2.55 bits per heavy atom. The minimum Gasteiger partial charge on any atom is -0.0762 e. The van der Waals surface area contributed by atoms with E-state index in [9.17, 15) is 0 Å². The Kier molecular flexibility index (Phi) is 5.65. The van der Waals surface area contributed by atoms with Gasteiger partial charge in [0.2, 0.25) is 0 Å². The molecule has 0 aromatic heterocycles. The van der Waals surface area contributed by atoms with Crippen molar-refractivity contribution in [3.63, 3.8) is 0 Å². The second-order valence-corrected chi connectivity index (χ2v) is 9.88. The third-order valence-corrected chi connectivity index (χ3v) is 6.80. The zero-order chi connectivity index (χ0) is 14.5. The van der Waals surface area contributed by atoms with Crippen LogP contribution in [0.5, 0.6) is 0 Å². The topological polar surface area (TPSA) is 0 Å². The number of allylic oxidation sites excluding steroid dienone is 2. The Bertz CT molecular complexity index is 459. The monoisotopic (exact) mass is 286 g/mol. The maximum atomic E-state index is 2.62. The first-order valence-corrected chi connectivity index (χ1v) is 11.4. The molecule has 2 rings (SSSR count). The van der Waals surface area contributed by atoms with Crippen LogP contribution in [0.15, 0.2) is 30.3 Å². The van der Waals surface area contributed by atoms with E-state index in [1.165, 1.54) is 32.1 Å². The van der Waals surface area contributed by atoms with Crippen LogP contribution in [0.1, 0.15) is 62.6 Å². The molecule has 1 heteroatoms. The van der Waals surface area contributed by atoms with E-state index in [2.05, 4.69) is 57.3 Å². The number of unbranched alkanes of at least 4 members (excludes halogenated alkanes) is 1. The van der Waals surface area contributed by atoms with Crippen LogP contribution < -0.4 is 0 Å². The van der Waals surface area contributed by atoms with E-state index < -0.39 is 8.80 Å². The molecule has 1 aromatic rings. The van der Waals surface area contributed by atoms with Gasteiger partial charge in [-0.3, -0.25) is 0 Å². The molecule has 2 atom stereocenters. The lowest BCUT2D eigenvalue weighted by molar-refractivity contribution is 0.461. The highest BCUT2D eigenvalue weighted by Crippen LogP contribution is 2.41. The van der Waals surface area contributed by atoms with E-state index in [1.54, 1.807) is 16.7 Å². The van der Waals surface area contributed by atoms with Crippen molar-refractivity contribution >= 4 is 14.4 Å². The first-order valence-electron chi connectivity index (χ1n) is 8.47. The number of fused-ring (bicyclic) bond motifs is 1. The van der Waals surface area contributed by atoms with E-state index in [4.69, 9.17) is 0 Å². The smallest absolute Gasteiger partial charge is 0.0436 e. The maximum Gasteiger partial charge on any atom is 0.0436 e. The summed E-state index contributed by atoms with van der Waals surface area (Å²) >= 11 is 0. The van der Waals surface area contributed by atoms with E-state index in [0.717, 1.165) is 11.5 Å². The minimum atomic E-state index is -0.651. The highest BCUT2D eigenvalue weighted by Gasteiger charge is 2.26. The average molecular weight is 287 g/mol. The molecule has 0 spiro atoms. The summed E-state index contributed by atoms with van der Waals surface area (Å²) in [4.78, 5) is 0. The van der Waals surface area contributed by atoms with Gasteiger partial charge in [0.05, 0.1) is 0 Å². The van der Waals surface area contributed by atoms with E-state index in [0.29, 0.717) is 0 Å². The van der Waals surface area contributed by atoms with Gasteiger partial charge in [-0.2, -0.15) is 0 Å². The molecule has 20 heavy (non-hydrogen) atoms. The molecule has 110 valence electrons. The Labute approximate surface area is 126 Å². The number of hydrogen-bond acceptors (Lipinski definition) is 0. The molecule has 0 nitrogen and oxygen atoms in total. The summed E-state index contributed by atoms with van der Waals surface area (Å²) in [5.41, 5.74) is 5.60. The van der Waals surface area contributed by atoms with Gasteiger partial charge in [-0.15, -0.1) is 0 Å². The SMILES string of the molecule is CCCCC(CC)CC1=CC([SiH](C)C)c2ccccc21. The highest BCUT2D eigenvalue weighted by atomic mass is 28.3. The molecule has 1 aromatic carbocycles. The quantitative estimate of drug-likeness (QED) is 0.556. The fraction of sp³-hybridized carbons (Fsp3) is 0.579. The molecule has 0 radical (unpaired) electrons. The fourth-order valence-electron chi connectivity index (χ4n) is 3.46. The molecule has 1 aliphatic rings. The molecule has 1 aliphatic carbocycles. The molecule has 0 N–H and O–H groups in total. The Morgan fingerprint density at radius 1 is 1.15 bits per heavy atom. The standard InChI is InChI=1S/C19H30Si/c1-5-7-10-15(6-2)13-16-14-19(20(3)4)18-12-9-8-11-17(16)18/h8-9,11-12,14-15,19-20H,5-7,10,13H2,1-4H3. The largest absolute Gasteiger partial charge is 0.0762 e. The van der Waals surface area contributed by atoms with Crippen molar-refractivity contribution in [2.45, 2.75) is 64.6 Å². The lowest BCUT2D eigenvalue weighted by Crippen LogP contribution is -2.11. The summed E-state index contributed by atoms with van der Waals surface area (Å²) in [7, 11) is -0.651. The van der Waals surface area contributed by atoms with E-state index in [-0.39, 0.29) is 0 Å². The summed E-state index contributed by atoms with van der Waals surface area (Å²) < 4.78 is 0. The first kappa shape index (κ1) is 15.6. The second kappa shape index (κ2) is 7.26. The lowest BCUT2D eigenvalue weighted by atomic mass is 9.90. The molecule has 2 unspecified atom stereocenters. The number of benzene rings is 1. The molecule has 0 aliphatic heterocycles. The predicted molar refractivity (Wildman–Crippen MR) is 94.0 cm³/mol. The zero-order valence-electron chi connectivity index (χ0n) is 13.7. The average Bonchev–Trinajstić information content (AvgIpc) is 2.82. The summed E-state index contributed by atoms with van der Waals surface area (Å²) in [6, 6.07) is 9.14. The normalized spacial score (nSPS) is 19.1. The van der Waals surface area contributed by atoms with Crippen LogP contribution in [0, 0.1) is 5.92 Å². The molecule has 0 bridgehead atoms. The minimum absolute atomic E-state index is 0.651. The second-order valence-electron chi connectivity index (χ2n) is 6.67. The number of hydrogen-bond donors (Lipinski definition) is 0. The predicted octanol–water partition coefficient (Wildman–Crippen LogP) is 5.80. The van der Waals surface area contributed by atoms with Crippen molar-refractivity contribution in [3.8, 4) is 0 Å². The van der Waals surface area contributed by atoms with Crippen molar-refractivity contribution in [2.24, 2.45) is 5.92 Å². The third-order valence-electron chi connectivity index (χ3n) is 4.82. The molecular formula is C19H30Si. The lowest BCUT2D eigenvalue weighted by Gasteiger charge is -2.16. The van der Waals surface area contributed by atoms with Gasteiger partial charge in [-0.25, -0.2) is 0 Å². The van der Waals surface area contributed by atoms with Gasteiger partial charge < -0.3 is 0 Å².